The van der Waals surface area contributed by atoms with E-state index in [1.165, 1.54) is 5.56 Å². The maximum absolute atomic E-state index is 5.89. The number of benzene rings is 3. The van der Waals surface area contributed by atoms with Gasteiger partial charge < -0.3 is 14.5 Å². The number of hydrogen-bond acceptors (Lipinski definition) is 4. The molecule has 0 radical (unpaired) electrons. The third-order valence-corrected chi connectivity index (χ3v) is 4.93. The Morgan fingerprint density at radius 2 is 1.70 bits per heavy atom. The average molecular weight is 399 g/mol. The number of nitrogens with zero attached hydrogens (tertiary/aromatic N) is 1. The Morgan fingerprint density at radius 1 is 0.933 bits per heavy atom. The average Bonchev–Trinajstić information content (AvgIpc) is 3.21. The highest BCUT2D eigenvalue weighted by Gasteiger charge is 2.03. The summed E-state index contributed by atoms with van der Waals surface area (Å²) in [7, 11) is 0. The molecule has 0 amide bonds. The Labute approximate surface area is 177 Å². The first-order chi connectivity index (χ1) is 14.8. The van der Waals surface area contributed by atoms with Gasteiger partial charge in [0.05, 0.1) is 6.61 Å². The largest absolute Gasteiger partial charge is 0.494 e. The molecule has 1 aromatic heterocycles. The lowest BCUT2D eigenvalue weighted by atomic mass is 10.2. The Hall–Kier alpha value is -3.37. The number of para-hydroxylation sites is 2. The molecule has 4 nitrogen and oxygen atoms in total. The number of ether oxygens (including phenoxy) is 1. The summed E-state index contributed by atoms with van der Waals surface area (Å²) in [6.45, 7) is 3.75. The Balaban J connectivity index is 1.22. The fraction of sp³-hybridized carbons (Fsp3) is 0.192. The molecule has 0 saturated heterocycles. The van der Waals surface area contributed by atoms with Crippen LogP contribution in [0.2, 0.25) is 0 Å². The van der Waals surface area contributed by atoms with Gasteiger partial charge in [-0.15, -0.1) is 0 Å². The molecule has 0 aliphatic heterocycles. The summed E-state index contributed by atoms with van der Waals surface area (Å²) >= 11 is 0. The predicted molar refractivity (Wildman–Crippen MR) is 122 cm³/mol. The first-order valence-corrected chi connectivity index (χ1v) is 10.3. The van der Waals surface area contributed by atoms with Crippen molar-refractivity contribution < 1.29 is 9.15 Å². The van der Waals surface area contributed by atoms with E-state index in [-0.39, 0.29) is 0 Å². The van der Waals surface area contributed by atoms with E-state index in [9.17, 15) is 0 Å². The zero-order valence-electron chi connectivity index (χ0n) is 17.1. The van der Waals surface area contributed by atoms with E-state index in [2.05, 4.69) is 41.5 Å². The van der Waals surface area contributed by atoms with E-state index in [0.717, 1.165) is 35.4 Å². The topological polar surface area (TPSA) is 47.3 Å². The van der Waals surface area contributed by atoms with Gasteiger partial charge in [-0.2, -0.15) is 0 Å². The van der Waals surface area contributed by atoms with Crippen LogP contribution in [0.15, 0.2) is 83.3 Å². The van der Waals surface area contributed by atoms with Crippen LogP contribution in [0.4, 0.5) is 0 Å². The maximum Gasteiger partial charge on any atom is 0.220 e. The lowest BCUT2D eigenvalue weighted by molar-refractivity contribution is 0.289. The molecule has 0 bridgehead atoms. The zero-order valence-corrected chi connectivity index (χ0v) is 17.1. The van der Waals surface area contributed by atoms with Gasteiger partial charge in [-0.1, -0.05) is 54.6 Å². The fourth-order valence-electron chi connectivity index (χ4n) is 3.15. The standard InChI is InChI=1S/C26H26N2O2/c1-20(27-19-22-7-3-2-4-8-22)17-18-29-23-14-11-21(12-15-23)13-16-26-28-24-9-5-6-10-25(24)30-26/h2-16,20,27H,17-19H2,1H3/b16-13+. The van der Waals surface area contributed by atoms with Crippen LogP contribution in [0.3, 0.4) is 0 Å². The van der Waals surface area contributed by atoms with Crippen LogP contribution < -0.4 is 10.1 Å². The van der Waals surface area contributed by atoms with Crippen LogP contribution in [0.25, 0.3) is 23.3 Å². The summed E-state index contributed by atoms with van der Waals surface area (Å²) in [5.41, 5.74) is 4.04. The van der Waals surface area contributed by atoms with E-state index in [1.54, 1.807) is 0 Å². The molecule has 0 spiro atoms. The van der Waals surface area contributed by atoms with Gasteiger partial charge in [0.25, 0.3) is 0 Å². The highest BCUT2D eigenvalue weighted by atomic mass is 16.5. The molecular weight excluding hydrogens is 372 g/mol. The minimum absolute atomic E-state index is 0.392. The molecule has 3 aromatic carbocycles. The summed E-state index contributed by atoms with van der Waals surface area (Å²) in [4.78, 5) is 4.45. The number of hydrogen-bond donors (Lipinski definition) is 1. The maximum atomic E-state index is 5.89. The molecule has 4 heteroatoms. The third kappa shape index (κ3) is 5.58. The van der Waals surface area contributed by atoms with Gasteiger partial charge in [-0.3, -0.25) is 0 Å². The minimum atomic E-state index is 0.392. The molecule has 0 aliphatic carbocycles. The number of oxazole rings is 1. The lowest BCUT2D eigenvalue weighted by Gasteiger charge is -2.14. The molecular formula is C26H26N2O2. The number of nitrogens with one attached hydrogen (secondary N) is 1. The van der Waals surface area contributed by atoms with Crippen LogP contribution in [0.1, 0.15) is 30.4 Å². The molecule has 1 heterocycles. The molecule has 0 fully saturated rings. The molecule has 1 N–H and O–H groups in total. The molecule has 1 atom stereocenters. The van der Waals surface area contributed by atoms with Crippen molar-refractivity contribution >= 4 is 23.3 Å². The van der Waals surface area contributed by atoms with Crippen LogP contribution in [-0.2, 0) is 6.54 Å². The molecule has 152 valence electrons. The van der Waals surface area contributed by atoms with Crippen molar-refractivity contribution in [2.45, 2.75) is 25.9 Å². The lowest BCUT2D eigenvalue weighted by Crippen LogP contribution is -2.27. The summed E-state index contributed by atoms with van der Waals surface area (Å²) in [5.74, 6) is 1.48. The summed E-state index contributed by atoms with van der Waals surface area (Å²) in [5, 5.41) is 3.53. The first-order valence-electron chi connectivity index (χ1n) is 10.3. The van der Waals surface area contributed by atoms with Gasteiger partial charge in [-0.25, -0.2) is 4.98 Å². The summed E-state index contributed by atoms with van der Waals surface area (Å²) in [6, 6.07) is 26.7. The van der Waals surface area contributed by atoms with Gasteiger partial charge in [0, 0.05) is 18.7 Å². The van der Waals surface area contributed by atoms with Crippen molar-refractivity contribution in [3.05, 3.63) is 95.9 Å². The fourth-order valence-corrected chi connectivity index (χ4v) is 3.15. The number of rotatable bonds is 9. The Bertz CT molecular complexity index is 1050. The highest BCUT2D eigenvalue weighted by molar-refractivity contribution is 5.75. The van der Waals surface area contributed by atoms with Crippen molar-refractivity contribution in [2.75, 3.05) is 6.61 Å². The summed E-state index contributed by atoms with van der Waals surface area (Å²) in [6.07, 6.45) is 4.83. The SMILES string of the molecule is CC(CCOc1ccc(/C=C/c2nc3ccccc3o2)cc1)NCc1ccccc1. The highest BCUT2D eigenvalue weighted by Crippen LogP contribution is 2.18. The Kier molecular flexibility index (Phi) is 6.58. The second kappa shape index (κ2) is 9.90. The van der Waals surface area contributed by atoms with Gasteiger partial charge in [0.1, 0.15) is 11.3 Å². The first kappa shape index (κ1) is 19.9. The monoisotopic (exact) mass is 398 g/mol. The van der Waals surface area contributed by atoms with E-state index in [0.29, 0.717) is 18.5 Å². The number of fused-ring (bicyclic) bond motifs is 1. The van der Waals surface area contributed by atoms with Gasteiger partial charge in [0.15, 0.2) is 5.58 Å². The normalized spacial score (nSPS) is 12.4. The predicted octanol–water partition coefficient (Wildman–Crippen LogP) is 5.95. The van der Waals surface area contributed by atoms with E-state index in [4.69, 9.17) is 9.15 Å². The minimum Gasteiger partial charge on any atom is -0.494 e. The zero-order chi connectivity index (χ0) is 20.6. The third-order valence-electron chi connectivity index (χ3n) is 4.93. The van der Waals surface area contributed by atoms with Crippen molar-refractivity contribution in [3.63, 3.8) is 0 Å². The molecule has 0 aliphatic rings. The Morgan fingerprint density at radius 3 is 2.50 bits per heavy atom. The smallest absolute Gasteiger partial charge is 0.220 e. The van der Waals surface area contributed by atoms with Crippen molar-refractivity contribution in [3.8, 4) is 5.75 Å². The van der Waals surface area contributed by atoms with E-state index < -0.39 is 0 Å². The van der Waals surface area contributed by atoms with E-state index >= 15 is 0 Å². The van der Waals surface area contributed by atoms with Crippen LogP contribution in [0.5, 0.6) is 5.75 Å². The molecule has 30 heavy (non-hydrogen) atoms. The molecule has 0 saturated carbocycles. The molecule has 4 aromatic rings. The van der Waals surface area contributed by atoms with Crippen molar-refractivity contribution in [2.24, 2.45) is 0 Å². The quantitative estimate of drug-likeness (QED) is 0.379. The second-order valence-corrected chi connectivity index (χ2v) is 7.33. The van der Waals surface area contributed by atoms with Crippen molar-refractivity contribution in [1.82, 2.24) is 10.3 Å². The van der Waals surface area contributed by atoms with Gasteiger partial charge in [0.2, 0.25) is 5.89 Å². The van der Waals surface area contributed by atoms with Gasteiger partial charge >= 0.3 is 0 Å². The number of aromatic nitrogens is 1. The second-order valence-electron chi connectivity index (χ2n) is 7.33. The molecule has 4 rings (SSSR count). The van der Waals surface area contributed by atoms with Gasteiger partial charge in [-0.05, 0) is 54.8 Å². The van der Waals surface area contributed by atoms with E-state index in [1.807, 2.05) is 66.7 Å². The molecule has 1 unspecified atom stereocenters. The summed E-state index contributed by atoms with van der Waals surface area (Å²) < 4.78 is 11.6. The van der Waals surface area contributed by atoms with Crippen molar-refractivity contribution in [1.29, 1.82) is 0 Å². The van der Waals surface area contributed by atoms with Crippen LogP contribution in [-0.4, -0.2) is 17.6 Å². The van der Waals surface area contributed by atoms with Crippen LogP contribution >= 0.6 is 0 Å². The van der Waals surface area contributed by atoms with Crippen LogP contribution in [0, 0.1) is 0 Å².